The predicted octanol–water partition coefficient (Wildman–Crippen LogP) is 3.05. The summed E-state index contributed by atoms with van der Waals surface area (Å²) < 4.78 is 16.2. The molecule has 1 fully saturated rings. The van der Waals surface area contributed by atoms with Crippen LogP contribution in [0.4, 0.5) is 0 Å². The van der Waals surface area contributed by atoms with Crippen LogP contribution in [0.25, 0.3) is 0 Å². The molecule has 1 aliphatic rings. The second-order valence-electron chi connectivity index (χ2n) is 3.47. The Kier molecular flexibility index (Phi) is 6.11. The first-order chi connectivity index (χ1) is 7.84. The minimum Gasteiger partial charge on any atom is -0.443 e. The fraction of sp³-hybridized carbons (Fsp3) is 0.750. The Balaban J connectivity index is 0.000000606. The first-order valence-electron chi connectivity index (χ1n) is 5.99. The minimum absolute atomic E-state index is 0.0732. The van der Waals surface area contributed by atoms with Crippen LogP contribution in [0.1, 0.15) is 44.8 Å². The van der Waals surface area contributed by atoms with E-state index in [0.29, 0.717) is 12.5 Å². The predicted molar refractivity (Wildman–Crippen MR) is 61.0 cm³/mol. The first-order valence-corrected chi connectivity index (χ1v) is 5.99. The van der Waals surface area contributed by atoms with Gasteiger partial charge in [0.05, 0.1) is 6.20 Å². The molecule has 0 aliphatic carbocycles. The van der Waals surface area contributed by atoms with E-state index >= 15 is 0 Å². The lowest BCUT2D eigenvalue weighted by Crippen LogP contribution is -2.22. The quantitative estimate of drug-likeness (QED) is 0.796. The van der Waals surface area contributed by atoms with E-state index in [1.807, 2.05) is 20.8 Å². The molecule has 1 aliphatic heterocycles. The van der Waals surface area contributed by atoms with Gasteiger partial charge in [-0.05, 0) is 26.2 Å². The Morgan fingerprint density at radius 3 is 2.81 bits per heavy atom. The van der Waals surface area contributed by atoms with Crippen LogP contribution in [0.5, 0.6) is 0 Å². The van der Waals surface area contributed by atoms with E-state index in [4.69, 9.17) is 13.9 Å². The van der Waals surface area contributed by atoms with Gasteiger partial charge >= 0.3 is 0 Å². The van der Waals surface area contributed by atoms with Gasteiger partial charge in [-0.2, -0.15) is 0 Å². The molecule has 2 rings (SSSR count). The summed E-state index contributed by atoms with van der Waals surface area (Å²) in [4.78, 5) is 4.05. The largest absolute Gasteiger partial charge is 0.443 e. The van der Waals surface area contributed by atoms with Gasteiger partial charge in [-0.3, -0.25) is 0 Å². The molecular weight excluding hydrogens is 206 g/mol. The molecule has 1 aromatic heterocycles. The van der Waals surface area contributed by atoms with Crippen LogP contribution in [0.3, 0.4) is 0 Å². The van der Waals surface area contributed by atoms with Crippen molar-refractivity contribution in [3.63, 3.8) is 0 Å². The summed E-state index contributed by atoms with van der Waals surface area (Å²) in [6.07, 6.45) is 4.91. The lowest BCUT2D eigenvalue weighted by Gasteiger charge is -2.21. The normalized spacial score (nSPS) is 20.1. The highest BCUT2D eigenvalue weighted by molar-refractivity contribution is 4.89. The Morgan fingerprint density at radius 1 is 1.44 bits per heavy atom. The van der Waals surface area contributed by atoms with Crippen LogP contribution in [-0.4, -0.2) is 17.9 Å². The topological polar surface area (TPSA) is 44.5 Å². The van der Waals surface area contributed by atoms with Crippen molar-refractivity contribution >= 4 is 0 Å². The molecule has 4 nitrogen and oxygen atoms in total. The second kappa shape index (κ2) is 7.41. The van der Waals surface area contributed by atoms with E-state index in [9.17, 15) is 0 Å². The lowest BCUT2D eigenvalue weighted by atomic mass is 10.2. The second-order valence-corrected chi connectivity index (χ2v) is 3.47. The van der Waals surface area contributed by atoms with Crippen LogP contribution in [0, 0.1) is 6.92 Å². The van der Waals surface area contributed by atoms with Gasteiger partial charge < -0.3 is 13.9 Å². The number of ether oxygens (including phenoxy) is 2. The van der Waals surface area contributed by atoms with Crippen molar-refractivity contribution in [1.29, 1.82) is 0 Å². The fourth-order valence-electron chi connectivity index (χ4n) is 1.48. The summed E-state index contributed by atoms with van der Waals surface area (Å²) in [5, 5.41) is 0. The molecule has 0 N–H and O–H groups in total. The number of aromatic nitrogens is 1. The molecule has 0 saturated carbocycles. The van der Waals surface area contributed by atoms with Gasteiger partial charge in [0.1, 0.15) is 12.4 Å². The molecule has 0 aromatic carbocycles. The molecule has 1 atom stereocenters. The van der Waals surface area contributed by atoms with Gasteiger partial charge in [0.25, 0.3) is 0 Å². The zero-order valence-electron chi connectivity index (χ0n) is 10.4. The highest BCUT2D eigenvalue weighted by Gasteiger charge is 2.14. The van der Waals surface area contributed by atoms with Gasteiger partial charge in [-0.15, -0.1) is 0 Å². The monoisotopic (exact) mass is 227 g/mol. The highest BCUT2D eigenvalue weighted by atomic mass is 16.7. The van der Waals surface area contributed by atoms with Crippen LogP contribution < -0.4 is 0 Å². The van der Waals surface area contributed by atoms with Crippen LogP contribution >= 0.6 is 0 Å². The maximum Gasteiger partial charge on any atom is 0.220 e. The molecule has 1 saturated heterocycles. The Morgan fingerprint density at radius 2 is 2.25 bits per heavy atom. The first kappa shape index (κ1) is 13.2. The Labute approximate surface area is 97.0 Å². The average molecular weight is 227 g/mol. The van der Waals surface area contributed by atoms with Crippen molar-refractivity contribution in [3.8, 4) is 0 Å². The SMILES string of the molecule is CC.Cc1cnc(COC2CCCCO2)o1. The number of hydrogen-bond acceptors (Lipinski definition) is 4. The molecule has 0 radical (unpaired) electrons. The summed E-state index contributed by atoms with van der Waals surface area (Å²) >= 11 is 0. The van der Waals surface area contributed by atoms with Gasteiger partial charge in [-0.1, -0.05) is 13.8 Å². The summed E-state index contributed by atoms with van der Waals surface area (Å²) in [6.45, 7) is 7.07. The van der Waals surface area contributed by atoms with E-state index < -0.39 is 0 Å². The molecule has 0 bridgehead atoms. The third kappa shape index (κ3) is 4.33. The van der Waals surface area contributed by atoms with Crippen molar-refractivity contribution in [2.24, 2.45) is 0 Å². The Hall–Kier alpha value is -0.870. The van der Waals surface area contributed by atoms with Gasteiger partial charge in [0.15, 0.2) is 6.29 Å². The third-order valence-electron chi connectivity index (χ3n) is 2.20. The average Bonchev–Trinajstić information content (AvgIpc) is 2.77. The molecule has 0 amide bonds. The summed E-state index contributed by atoms with van der Waals surface area (Å²) in [6, 6.07) is 0. The molecule has 16 heavy (non-hydrogen) atoms. The van der Waals surface area contributed by atoms with E-state index in [1.54, 1.807) is 6.20 Å². The zero-order chi connectivity index (χ0) is 11.8. The maximum absolute atomic E-state index is 5.50. The van der Waals surface area contributed by atoms with Gasteiger partial charge in [-0.25, -0.2) is 4.98 Å². The van der Waals surface area contributed by atoms with Crippen molar-refractivity contribution in [1.82, 2.24) is 4.98 Å². The number of hydrogen-bond donors (Lipinski definition) is 0. The van der Waals surface area contributed by atoms with Crippen molar-refractivity contribution < 1.29 is 13.9 Å². The van der Waals surface area contributed by atoms with Crippen molar-refractivity contribution in [3.05, 3.63) is 17.8 Å². The molecule has 92 valence electrons. The minimum atomic E-state index is -0.0732. The standard InChI is InChI=1S/C10H15NO3.C2H6/c1-8-6-11-9(14-8)7-13-10-4-2-3-5-12-10;1-2/h6,10H,2-5,7H2,1H3;1-2H3. The fourth-order valence-corrected chi connectivity index (χ4v) is 1.48. The highest BCUT2D eigenvalue weighted by Crippen LogP contribution is 2.15. The van der Waals surface area contributed by atoms with Crippen molar-refractivity contribution in [2.45, 2.75) is 52.9 Å². The number of oxazole rings is 1. The van der Waals surface area contributed by atoms with E-state index in [2.05, 4.69) is 4.98 Å². The van der Waals surface area contributed by atoms with Gasteiger partial charge in [0.2, 0.25) is 5.89 Å². The number of aryl methyl sites for hydroxylation is 1. The smallest absolute Gasteiger partial charge is 0.220 e. The van der Waals surface area contributed by atoms with E-state index in [1.165, 1.54) is 6.42 Å². The summed E-state index contributed by atoms with van der Waals surface area (Å²) in [7, 11) is 0. The molecule has 2 heterocycles. The number of rotatable bonds is 3. The molecule has 4 heteroatoms. The van der Waals surface area contributed by atoms with Crippen molar-refractivity contribution in [2.75, 3.05) is 6.61 Å². The van der Waals surface area contributed by atoms with Crippen LogP contribution in [-0.2, 0) is 16.1 Å². The van der Waals surface area contributed by atoms with Crippen LogP contribution in [0.2, 0.25) is 0 Å². The van der Waals surface area contributed by atoms with E-state index in [-0.39, 0.29) is 6.29 Å². The molecule has 0 spiro atoms. The molecule has 1 aromatic rings. The lowest BCUT2D eigenvalue weighted by molar-refractivity contribution is -0.172. The maximum atomic E-state index is 5.50. The van der Waals surface area contributed by atoms with Crippen LogP contribution in [0.15, 0.2) is 10.6 Å². The third-order valence-corrected chi connectivity index (χ3v) is 2.20. The summed E-state index contributed by atoms with van der Waals surface area (Å²) in [5.74, 6) is 1.44. The molecular formula is C12H21NO3. The summed E-state index contributed by atoms with van der Waals surface area (Å²) in [5.41, 5.74) is 0. The Bertz CT molecular complexity index is 280. The zero-order valence-corrected chi connectivity index (χ0v) is 10.4. The molecule has 1 unspecified atom stereocenters. The number of nitrogens with zero attached hydrogens (tertiary/aromatic N) is 1. The van der Waals surface area contributed by atoms with E-state index in [0.717, 1.165) is 25.2 Å². The van der Waals surface area contributed by atoms with Gasteiger partial charge in [0, 0.05) is 6.61 Å².